The van der Waals surface area contributed by atoms with Crippen molar-refractivity contribution in [1.29, 1.82) is 0 Å². The maximum Gasteiger partial charge on any atom is 0.312 e. The Balaban J connectivity index is 2.74. The van der Waals surface area contributed by atoms with Gasteiger partial charge in [-0.3, -0.25) is 4.79 Å². The van der Waals surface area contributed by atoms with E-state index in [9.17, 15) is 4.79 Å². The van der Waals surface area contributed by atoms with Crippen LogP contribution in [0.15, 0.2) is 30.3 Å². The van der Waals surface area contributed by atoms with E-state index in [4.69, 9.17) is 4.74 Å². The van der Waals surface area contributed by atoms with Crippen LogP contribution in [0.2, 0.25) is 0 Å². The maximum atomic E-state index is 12.5. The first-order valence-corrected chi connectivity index (χ1v) is 7.02. The van der Waals surface area contributed by atoms with Gasteiger partial charge in [0.1, 0.15) is 6.61 Å². The van der Waals surface area contributed by atoms with Gasteiger partial charge in [-0.15, -0.1) is 0 Å². The van der Waals surface area contributed by atoms with E-state index >= 15 is 0 Å². The Morgan fingerprint density at radius 2 is 1.68 bits per heavy atom. The van der Waals surface area contributed by atoms with Crippen LogP contribution in [0, 0.1) is 10.8 Å². The molecule has 0 saturated heterocycles. The fourth-order valence-corrected chi connectivity index (χ4v) is 2.17. The molecule has 0 aromatic heterocycles. The summed E-state index contributed by atoms with van der Waals surface area (Å²) in [5.74, 6) is -0.0919. The van der Waals surface area contributed by atoms with Crippen molar-refractivity contribution in [3.8, 4) is 0 Å². The first kappa shape index (κ1) is 15.7. The van der Waals surface area contributed by atoms with Crippen LogP contribution in [0.4, 0.5) is 0 Å². The molecule has 19 heavy (non-hydrogen) atoms. The molecule has 0 fully saturated rings. The Morgan fingerprint density at radius 3 is 2.16 bits per heavy atom. The van der Waals surface area contributed by atoms with Gasteiger partial charge < -0.3 is 4.74 Å². The van der Waals surface area contributed by atoms with Gasteiger partial charge in [0.25, 0.3) is 0 Å². The van der Waals surface area contributed by atoms with Gasteiger partial charge in [0.2, 0.25) is 0 Å². The van der Waals surface area contributed by atoms with E-state index < -0.39 is 5.41 Å². The third kappa shape index (κ3) is 3.82. The van der Waals surface area contributed by atoms with E-state index in [1.807, 2.05) is 37.3 Å². The highest BCUT2D eigenvalue weighted by Crippen LogP contribution is 2.43. The largest absolute Gasteiger partial charge is 0.460 e. The van der Waals surface area contributed by atoms with Gasteiger partial charge in [0, 0.05) is 0 Å². The Hall–Kier alpha value is -1.31. The lowest BCUT2D eigenvalue weighted by atomic mass is 9.65. The van der Waals surface area contributed by atoms with E-state index in [0.29, 0.717) is 6.61 Å². The topological polar surface area (TPSA) is 26.3 Å². The molecule has 1 rings (SSSR count). The summed E-state index contributed by atoms with van der Waals surface area (Å²) in [7, 11) is 0. The van der Waals surface area contributed by atoms with Crippen molar-refractivity contribution in [3.05, 3.63) is 35.9 Å². The first-order chi connectivity index (χ1) is 8.81. The van der Waals surface area contributed by atoms with Gasteiger partial charge in [-0.25, -0.2) is 0 Å². The van der Waals surface area contributed by atoms with E-state index in [-0.39, 0.29) is 11.4 Å². The number of rotatable bonds is 5. The normalized spacial score (nSPS) is 14.8. The zero-order chi connectivity index (χ0) is 14.5. The molecule has 0 radical (unpaired) electrons. The summed E-state index contributed by atoms with van der Waals surface area (Å²) in [6.45, 7) is 10.8. The Kier molecular flexibility index (Phi) is 5.16. The van der Waals surface area contributed by atoms with Crippen LogP contribution in [-0.4, -0.2) is 5.97 Å². The number of carbonyl (C=O) groups excluding carboxylic acids is 1. The van der Waals surface area contributed by atoms with Gasteiger partial charge >= 0.3 is 5.97 Å². The molecule has 0 aliphatic carbocycles. The monoisotopic (exact) mass is 262 g/mol. The molecular formula is C17H26O2. The number of esters is 1. The second-order valence-electron chi connectivity index (χ2n) is 6.39. The molecule has 2 heteroatoms. The van der Waals surface area contributed by atoms with Gasteiger partial charge in [-0.05, 0) is 24.3 Å². The lowest BCUT2D eigenvalue weighted by molar-refractivity contribution is -0.164. The van der Waals surface area contributed by atoms with Crippen molar-refractivity contribution < 1.29 is 9.53 Å². The highest BCUT2D eigenvalue weighted by Gasteiger charge is 2.44. The molecule has 1 unspecified atom stereocenters. The Bertz CT molecular complexity index is 403. The molecule has 0 spiro atoms. The standard InChI is InChI=1S/C17H26O2/c1-6-12-17(5,16(2,3)4)15(18)19-13-14-10-8-7-9-11-14/h7-11H,6,12-13H2,1-5H3. The van der Waals surface area contributed by atoms with Crippen LogP contribution in [0.25, 0.3) is 0 Å². The molecule has 0 amide bonds. The van der Waals surface area contributed by atoms with Crippen molar-refractivity contribution >= 4 is 5.97 Å². The minimum absolute atomic E-state index is 0.0919. The number of hydrogen-bond acceptors (Lipinski definition) is 2. The first-order valence-electron chi connectivity index (χ1n) is 7.02. The van der Waals surface area contributed by atoms with Crippen molar-refractivity contribution in [2.24, 2.45) is 10.8 Å². The lowest BCUT2D eigenvalue weighted by Gasteiger charge is -2.39. The predicted octanol–water partition coefficient (Wildman–Crippen LogP) is 4.58. The van der Waals surface area contributed by atoms with Crippen molar-refractivity contribution in [3.63, 3.8) is 0 Å². The number of benzene rings is 1. The zero-order valence-electron chi connectivity index (χ0n) is 12.8. The van der Waals surface area contributed by atoms with Crippen LogP contribution >= 0.6 is 0 Å². The van der Waals surface area contributed by atoms with E-state index in [1.165, 1.54) is 0 Å². The van der Waals surface area contributed by atoms with Crippen molar-refractivity contribution in [2.45, 2.75) is 54.1 Å². The highest BCUT2D eigenvalue weighted by atomic mass is 16.5. The second kappa shape index (κ2) is 6.23. The Morgan fingerprint density at radius 1 is 1.11 bits per heavy atom. The van der Waals surface area contributed by atoms with Crippen LogP contribution in [0.5, 0.6) is 0 Å². The average molecular weight is 262 g/mol. The molecule has 1 aromatic rings. The lowest BCUT2D eigenvalue weighted by Crippen LogP contribution is -2.41. The van der Waals surface area contributed by atoms with Crippen molar-refractivity contribution in [2.75, 3.05) is 0 Å². The van der Waals surface area contributed by atoms with Gasteiger partial charge in [-0.1, -0.05) is 64.4 Å². The molecule has 0 heterocycles. The molecule has 0 bridgehead atoms. The summed E-state index contributed by atoms with van der Waals surface area (Å²) >= 11 is 0. The summed E-state index contributed by atoms with van der Waals surface area (Å²) in [6.07, 6.45) is 1.83. The molecule has 1 aromatic carbocycles. The van der Waals surface area contributed by atoms with Crippen LogP contribution < -0.4 is 0 Å². The molecule has 0 aliphatic heterocycles. The number of carbonyl (C=O) groups is 1. The molecule has 0 saturated carbocycles. The third-order valence-electron chi connectivity index (χ3n) is 4.07. The fraction of sp³-hybridized carbons (Fsp3) is 0.588. The van der Waals surface area contributed by atoms with Gasteiger partial charge in [0.15, 0.2) is 0 Å². The summed E-state index contributed by atoms with van der Waals surface area (Å²) < 4.78 is 5.53. The second-order valence-corrected chi connectivity index (χ2v) is 6.39. The summed E-state index contributed by atoms with van der Waals surface area (Å²) in [6, 6.07) is 9.82. The van der Waals surface area contributed by atoms with Crippen LogP contribution in [0.1, 0.15) is 53.0 Å². The van der Waals surface area contributed by atoms with Gasteiger partial charge in [0.05, 0.1) is 5.41 Å². The number of ether oxygens (including phenoxy) is 1. The van der Waals surface area contributed by atoms with Crippen LogP contribution in [-0.2, 0) is 16.1 Å². The molecule has 2 nitrogen and oxygen atoms in total. The minimum atomic E-state index is -0.434. The predicted molar refractivity (Wildman–Crippen MR) is 78.7 cm³/mol. The average Bonchev–Trinajstić information content (AvgIpc) is 2.36. The summed E-state index contributed by atoms with van der Waals surface area (Å²) in [4.78, 5) is 12.5. The molecule has 1 atom stereocenters. The van der Waals surface area contributed by atoms with E-state index in [2.05, 4.69) is 27.7 Å². The molecule has 0 N–H and O–H groups in total. The fourth-order valence-electron chi connectivity index (χ4n) is 2.17. The smallest absolute Gasteiger partial charge is 0.312 e. The summed E-state index contributed by atoms with van der Waals surface area (Å²) in [5, 5.41) is 0. The SMILES string of the molecule is CCCC(C)(C(=O)OCc1ccccc1)C(C)(C)C. The quantitative estimate of drug-likeness (QED) is 0.726. The number of hydrogen-bond donors (Lipinski definition) is 0. The van der Waals surface area contributed by atoms with E-state index in [1.54, 1.807) is 0 Å². The highest BCUT2D eigenvalue weighted by molar-refractivity contribution is 5.77. The third-order valence-corrected chi connectivity index (χ3v) is 4.07. The zero-order valence-corrected chi connectivity index (χ0v) is 12.8. The molecule has 106 valence electrons. The minimum Gasteiger partial charge on any atom is -0.460 e. The molecule has 0 aliphatic rings. The van der Waals surface area contributed by atoms with Crippen molar-refractivity contribution in [1.82, 2.24) is 0 Å². The summed E-state index contributed by atoms with van der Waals surface area (Å²) in [5.41, 5.74) is 0.497. The maximum absolute atomic E-state index is 12.5. The van der Waals surface area contributed by atoms with Crippen LogP contribution in [0.3, 0.4) is 0 Å². The van der Waals surface area contributed by atoms with Gasteiger partial charge in [-0.2, -0.15) is 0 Å². The Labute approximate surface area is 117 Å². The molecular weight excluding hydrogens is 236 g/mol. The van der Waals surface area contributed by atoms with E-state index in [0.717, 1.165) is 18.4 Å².